The lowest BCUT2D eigenvalue weighted by Crippen LogP contribution is -2.74. The van der Waals surface area contributed by atoms with Crippen molar-refractivity contribution in [3.63, 3.8) is 0 Å². The van der Waals surface area contributed by atoms with E-state index in [4.69, 9.17) is 5.73 Å². The van der Waals surface area contributed by atoms with Gasteiger partial charge in [-0.3, -0.25) is 28.9 Å². The summed E-state index contributed by atoms with van der Waals surface area (Å²) in [5.74, 6) is -9.81. The number of carbonyl (C=O) groups is 5. The maximum atomic E-state index is 14.0. The maximum absolute atomic E-state index is 14.0. The van der Waals surface area contributed by atoms with E-state index in [1.807, 2.05) is 12.3 Å². The zero-order chi connectivity index (χ0) is 29.9. The fourth-order valence-corrected chi connectivity index (χ4v) is 7.34. The number of fused-ring (bicyclic) bond motifs is 3. The first-order valence-corrected chi connectivity index (χ1v) is 14.9. The summed E-state index contributed by atoms with van der Waals surface area (Å²) in [6.45, 7) is 7.47. The zero-order valence-electron chi connectivity index (χ0n) is 23.9. The molecule has 10 nitrogen and oxygen atoms in total. The number of primary amides is 1. The molecule has 2 saturated carbocycles. The van der Waals surface area contributed by atoms with Gasteiger partial charge in [-0.15, -0.1) is 0 Å². The lowest BCUT2D eigenvalue weighted by atomic mass is 9.52. The van der Waals surface area contributed by atoms with Crippen LogP contribution >= 0.6 is 11.8 Å². The molecule has 0 heterocycles. The molecule has 0 saturated heterocycles. The van der Waals surface area contributed by atoms with Gasteiger partial charge >= 0.3 is 0 Å². The molecule has 5 N–H and O–H groups in total. The van der Waals surface area contributed by atoms with Gasteiger partial charge in [0, 0.05) is 30.3 Å². The molecule has 0 aromatic heterocycles. The number of phenolic OH excluding ortho intramolecular Hbond substituents is 1. The second kappa shape index (κ2) is 10.7. The Morgan fingerprint density at radius 3 is 2.38 bits per heavy atom. The van der Waals surface area contributed by atoms with Gasteiger partial charge in [0.25, 0.3) is 0 Å². The molecule has 6 atom stereocenters. The van der Waals surface area contributed by atoms with Crippen LogP contribution in [-0.2, 0) is 37.9 Å². The van der Waals surface area contributed by atoms with Gasteiger partial charge in [0.15, 0.2) is 34.7 Å². The van der Waals surface area contributed by atoms with E-state index in [-0.39, 0.29) is 29.6 Å². The molecular weight excluding hydrogens is 534 g/mol. The molecule has 218 valence electrons. The van der Waals surface area contributed by atoms with Crippen molar-refractivity contribution in [2.24, 2.45) is 34.8 Å². The Morgan fingerprint density at radius 2 is 1.82 bits per heavy atom. The summed E-state index contributed by atoms with van der Waals surface area (Å²) in [5, 5.41) is 26.4. The Balaban J connectivity index is 1.83. The molecule has 0 aliphatic heterocycles. The van der Waals surface area contributed by atoms with E-state index >= 15 is 0 Å². The van der Waals surface area contributed by atoms with Crippen LogP contribution in [0.3, 0.4) is 0 Å². The zero-order valence-corrected chi connectivity index (χ0v) is 24.7. The van der Waals surface area contributed by atoms with Gasteiger partial charge in [0.1, 0.15) is 5.75 Å². The third kappa shape index (κ3) is 4.80. The van der Waals surface area contributed by atoms with E-state index in [9.17, 15) is 34.2 Å². The van der Waals surface area contributed by atoms with Crippen LogP contribution in [0.1, 0.15) is 54.2 Å². The van der Waals surface area contributed by atoms with Crippen molar-refractivity contribution in [1.29, 1.82) is 0 Å². The van der Waals surface area contributed by atoms with Crippen LogP contribution < -0.4 is 11.1 Å². The number of rotatable bonds is 7. The SMILES string of the molecule is CSCc1cc(CNCC(C)(C)C)c2c(c1O)C(=O)C1C(=O)[C@]3(O)C(=O)C(C(N)=O)C(=O)C(N(C)C)[C@@H]3C[C@@H]1C2. The third-order valence-electron chi connectivity index (χ3n) is 8.50. The predicted molar refractivity (Wildman–Crippen MR) is 150 cm³/mol. The van der Waals surface area contributed by atoms with E-state index < -0.39 is 64.4 Å². The number of aromatic hydroxyl groups is 1. The van der Waals surface area contributed by atoms with Gasteiger partial charge in [-0.1, -0.05) is 20.8 Å². The van der Waals surface area contributed by atoms with Crippen molar-refractivity contribution in [3.8, 4) is 5.75 Å². The molecule has 3 aliphatic rings. The van der Waals surface area contributed by atoms with Crippen molar-refractivity contribution in [2.45, 2.75) is 57.6 Å². The summed E-state index contributed by atoms with van der Waals surface area (Å²) in [6.07, 6.45) is 2.17. The standard InChI is InChI=1S/C29H39N3O7S/c1-28(2,3)12-31-10-14-7-15(11-40-6)22(33)19-16(14)8-13-9-17-21(32(4)5)24(35)20(27(30)38)26(37)29(17,39)25(36)18(13)23(19)34/h7,13,17-18,20-21,31,33,39H,8-12H2,1-6H3,(H2,30,38)/t13-,17-,18?,20?,21?,29-/m0/s1. The monoisotopic (exact) mass is 573 g/mol. The summed E-state index contributed by atoms with van der Waals surface area (Å²) in [5.41, 5.74) is 4.76. The number of thioether (sulfide) groups is 1. The molecule has 1 aromatic carbocycles. The molecule has 3 unspecified atom stereocenters. The van der Waals surface area contributed by atoms with Gasteiger partial charge in [-0.25, -0.2) is 0 Å². The van der Waals surface area contributed by atoms with E-state index in [0.29, 0.717) is 30.0 Å². The quantitative estimate of drug-likeness (QED) is 0.344. The minimum absolute atomic E-state index is 0.0181. The number of hydrogen-bond acceptors (Lipinski definition) is 10. The maximum Gasteiger partial charge on any atom is 0.235 e. The van der Waals surface area contributed by atoms with Crippen molar-refractivity contribution in [3.05, 3.63) is 28.3 Å². The number of benzene rings is 1. The van der Waals surface area contributed by atoms with Crippen LogP contribution in [-0.4, -0.2) is 82.7 Å². The summed E-state index contributed by atoms with van der Waals surface area (Å²) in [7, 11) is 3.14. The number of Topliss-reactive ketones (excluding diaryl/α,β-unsaturated/α-hetero) is 4. The fourth-order valence-electron chi connectivity index (χ4n) is 6.81. The van der Waals surface area contributed by atoms with E-state index in [2.05, 4.69) is 26.1 Å². The Morgan fingerprint density at radius 1 is 1.18 bits per heavy atom. The third-order valence-corrected chi connectivity index (χ3v) is 9.10. The Hall–Kier alpha value is -2.60. The molecule has 0 radical (unpaired) electrons. The van der Waals surface area contributed by atoms with Crippen LogP contribution in [0.4, 0.5) is 0 Å². The van der Waals surface area contributed by atoms with Gasteiger partial charge in [0.2, 0.25) is 5.91 Å². The van der Waals surface area contributed by atoms with E-state index in [1.165, 1.54) is 16.7 Å². The van der Waals surface area contributed by atoms with Crippen molar-refractivity contribution < 1.29 is 34.2 Å². The van der Waals surface area contributed by atoms with Crippen molar-refractivity contribution >= 4 is 40.8 Å². The number of nitrogens with zero attached hydrogens (tertiary/aromatic N) is 1. The normalized spacial score (nSPS) is 30.2. The number of aliphatic hydroxyl groups is 1. The number of nitrogens with two attached hydrogens (primary N) is 1. The number of amides is 1. The molecule has 0 bridgehead atoms. The van der Waals surface area contributed by atoms with Gasteiger partial charge in [0.05, 0.1) is 17.5 Å². The van der Waals surface area contributed by atoms with E-state index in [0.717, 1.165) is 5.56 Å². The lowest BCUT2D eigenvalue weighted by Gasteiger charge is -2.52. The first-order chi connectivity index (χ1) is 18.6. The number of hydrogen-bond donors (Lipinski definition) is 4. The van der Waals surface area contributed by atoms with Gasteiger partial charge in [-0.2, -0.15) is 11.8 Å². The van der Waals surface area contributed by atoms with Crippen LogP contribution in [0.2, 0.25) is 0 Å². The lowest BCUT2D eigenvalue weighted by molar-refractivity contribution is -0.181. The van der Waals surface area contributed by atoms with Gasteiger partial charge < -0.3 is 21.3 Å². The average Bonchev–Trinajstić information content (AvgIpc) is 2.83. The second-order valence-corrected chi connectivity index (χ2v) is 13.6. The molecule has 1 amide bonds. The summed E-state index contributed by atoms with van der Waals surface area (Å²) < 4.78 is 0. The highest BCUT2D eigenvalue weighted by atomic mass is 32.2. The van der Waals surface area contributed by atoms with Crippen LogP contribution in [0.5, 0.6) is 5.75 Å². The smallest absolute Gasteiger partial charge is 0.235 e. The number of likely N-dealkylation sites (N-methyl/N-ethyl adjacent to an activating group) is 1. The molecule has 40 heavy (non-hydrogen) atoms. The highest BCUT2D eigenvalue weighted by Crippen LogP contribution is 2.51. The molecule has 11 heteroatoms. The van der Waals surface area contributed by atoms with E-state index in [1.54, 1.807) is 14.1 Å². The number of phenols is 1. The minimum Gasteiger partial charge on any atom is -0.507 e. The Kier molecular flexibility index (Phi) is 8.09. The second-order valence-electron chi connectivity index (χ2n) is 12.8. The predicted octanol–water partition coefficient (Wildman–Crippen LogP) is 0.866. The largest absolute Gasteiger partial charge is 0.507 e. The molecular formula is C29H39N3O7S. The van der Waals surface area contributed by atoms with Crippen molar-refractivity contribution in [2.75, 3.05) is 26.9 Å². The Bertz CT molecular complexity index is 1290. The average molecular weight is 574 g/mol. The van der Waals surface area contributed by atoms with Crippen LogP contribution in [0.15, 0.2) is 6.07 Å². The molecule has 2 fully saturated rings. The Labute approximate surface area is 238 Å². The van der Waals surface area contributed by atoms with Crippen molar-refractivity contribution in [1.82, 2.24) is 10.2 Å². The summed E-state index contributed by atoms with van der Waals surface area (Å²) >= 11 is 1.48. The first kappa shape index (κ1) is 30.4. The highest BCUT2D eigenvalue weighted by molar-refractivity contribution is 7.97. The first-order valence-electron chi connectivity index (χ1n) is 13.5. The minimum atomic E-state index is -2.72. The topological polar surface area (TPSA) is 167 Å². The summed E-state index contributed by atoms with van der Waals surface area (Å²) in [6, 6.07) is 0.773. The molecule has 1 aromatic rings. The van der Waals surface area contributed by atoms with Crippen LogP contribution in [0, 0.1) is 29.1 Å². The number of carbonyl (C=O) groups excluding carboxylic acids is 5. The molecule has 4 rings (SSSR count). The molecule has 3 aliphatic carbocycles. The van der Waals surface area contributed by atoms with Crippen LogP contribution in [0.25, 0.3) is 0 Å². The molecule has 0 spiro atoms. The number of ketones is 4. The number of nitrogens with one attached hydrogen (secondary N) is 1. The summed E-state index contributed by atoms with van der Waals surface area (Å²) in [4.78, 5) is 68.3. The fraction of sp³-hybridized carbons (Fsp3) is 0.621. The van der Waals surface area contributed by atoms with Gasteiger partial charge in [-0.05, 0) is 61.7 Å². The highest BCUT2D eigenvalue weighted by Gasteiger charge is 2.69.